The van der Waals surface area contributed by atoms with Crippen LogP contribution in [0.15, 0.2) is 59.3 Å². The van der Waals surface area contributed by atoms with Crippen molar-refractivity contribution in [1.82, 2.24) is 5.32 Å². The van der Waals surface area contributed by atoms with E-state index >= 15 is 0 Å². The van der Waals surface area contributed by atoms with Gasteiger partial charge in [-0.1, -0.05) is 18.2 Å². The monoisotopic (exact) mass is 446 g/mol. The van der Waals surface area contributed by atoms with Crippen LogP contribution < -0.4 is 20.1 Å². The van der Waals surface area contributed by atoms with Gasteiger partial charge in [0.05, 0.1) is 23.9 Å². The quantitative estimate of drug-likeness (QED) is 0.504. The summed E-state index contributed by atoms with van der Waals surface area (Å²) in [5.41, 5.74) is 1.92. The molecule has 0 atom stereocenters. The lowest BCUT2D eigenvalue weighted by atomic mass is 10.1. The maximum atomic E-state index is 12.6. The zero-order valence-corrected chi connectivity index (χ0v) is 17.4. The summed E-state index contributed by atoms with van der Waals surface area (Å²) in [4.78, 5) is 24.9. The lowest BCUT2D eigenvalue weighted by molar-refractivity contribution is -0.0512. The summed E-state index contributed by atoms with van der Waals surface area (Å²) in [6.45, 7) is -2.71. The highest BCUT2D eigenvalue weighted by Crippen LogP contribution is 2.29. The molecule has 0 saturated heterocycles. The standard InChI is InChI=1S/C22H20F2N2O4S/c1-29-18-7-6-14(12-19(18)30-22(23)24)8-10-25-21(28)16-4-2-3-5-17(16)26-20(27)15-9-11-31-13-15/h2-7,9,11-13,22H,8,10H2,1H3,(H,25,28)(H,26,27). The number of rotatable bonds is 9. The summed E-state index contributed by atoms with van der Waals surface area (Å²) in [5, 5.41) is 9.04. The third kappa shape index (κ3) is 6.02. The Hall–Kier alpha value is -3.46. The first kappa shape index (κ1) is 22.2. The zero-order chi connectivity index (χ0) is 22.2. The molecule has 162 valence electrons. The number of hydrogen-bond donors (Lipinski definition) is 2. The van der Waals surface area contributed by atoms with Gasteiger partial charge in [0, 0.05) is 11.9 Å². The summed E-state index contributed by atoms with van der Waals surface area (Å²) in [5.74, 6) is -0.531. The minimum atomic E-state index is -2.97. The smallest absolute Gasteiger partial charge is 0.387 e. The van der Waals surface area contributed by atoms with Gasteiger partial charge in [-0.05, 0) is 47.7 Å². The van der Waals surface area contributed by atoms with Gasteiger partial charge in [0.15, 0.2) is 11.5 Å². The molecule has 0 aliphatic carbocycles. The molecule has 9 heteroatoms. The number of carbonyl (C=O) groups is 2. The first-order valence-electron chi connectivity index (χ1n) is 9.30. The third-order valence-corrected chi connectivity index (χ3v) is 5.03. The molecule has 2 aromatic carbocycles. The molecule has 3 aromatic rings. The van der Waals surface area contributed by atoms with Crippen LogP contribution in [0.5, 0.6) is 11.5 Å². The Labute approximate surface area is 181 Å². The molecule has 0 saturated carbocycles. The van der Waals surface area contributed by atoms with Gasteiger partial charge >= 0.3 is 6.61 Å². The Balaban J connectivity index is 1.62. The Morgan fingerprint density at radius 2 is 1.87 bits per heavy atom. The van der Waals surface area contributed by atoms with E-state index in [1.807, 2.05) is 0 Å². The summed E-state index contributed by atoms with van der Waals surface area (Å²) < 4.78 is 34.6. The molecular formula is C22H20F2N2O4S. The number of amides is 2. The van der Waals surface area contributed by atoms with Crippen molar-refractivity contribution in [1.29, 1.82) is 0 Å². The summed E-state index contributed by atoms with van der Waals surface area (Å²) in [6.07, 6.45) is 0.388. The molecule has 0 fully saturated rings. The molecule has 0 unspecified atom stereocenters. The number of benzene rings is 2. The van der Waals surface area contributed by atoms with Crippen LogP contribution in [0.2, 0.25) is 0 Å². The van der Waals surface area contributed by atoms with Crippen LogP contribution in [0.3, 0.4) is 0 Å². The maximum absolute atomic E-state index is 12.6. The van der Waals surface area contributed by atoms with Crippen LogP contribution in [0.4, 0.5) is 14.5 Å². The highest BCUT2D eigenvalue weighted by molar-refractivity contribution is 7.08. The average Bonchev–Trinajstić information content (AvgIpc) is 3.29. The minimum absolute atomic E-state index is 0.0668. The number of ether oxygens (including phenoxy) is 2. The van der Waals surface area contributed by atoms with Gasteiger partial charge in [0.2, 0.25) is 0 Å². The Kier molecular flexibility index (Phi) is 7.55. The number of para-hydroxylation sites is 1. The van der Waals surface area contributed by atoms with Crippen molar-refractivity contribution in [3.8, 4) is 11.5 Å². The van der Waals surface area contributed by atoms with E-state index in [4.69, 9.17) is 4.74 Å². The number of thiophene rings is 1. The number of methoxy groups -OCH3 is 1. The van der Waals surface area contributed by atoms with Crippen LogP contribution in [0.1, 0.15) is 26.3 Å². The average molecular weight is 446 g/mol. The zero-order valence-electron chi connectivity index (χ0n) is 16.6. The fourth-order valence-corrected chi connectivity index (χ4v) is 3.49. The number of nitrogens with one attached hydrogen (secondary N) is 2. The van der Waals surface area contributed by atoms with Gasteiger partial charge in [-0.2, -0.15) is 20.1 Å². The molecule has 31 heavy (non-hydrogen) atoms. The summed E-state index contributed by atoms with van der Waals surface area (Å²) in [7, 11) is 1.36. The van der Waals surface area contributed by atoms with Crippen LogP contribution >= 0.6 is 11.3 Å². The molecule has 2 N–H and O–H groups in total. The van der Waals surface area contributed by atoms with Gasteiger partial charge in [-0.15, -0.1) is 0 Å². The van der Waals surface area contributed by atoms with Crippen LogP contribution in [0, 0.1) is 0 Å². The normalized spacial score (nSPS) is 10.6. The number of hydrogen-bond acceptors (Lipinski definition) is 5. The van der Waals surface area contributed by atoms with Gasteiger partial charge in [0.25, 0.3) is 11.8 Å². The first-order chi connectivity index (χ1) is 15.0. The Morgan fingerprint density at radius 1 is 1.06 bits per heavy atom. The predicted molar refractivity (Wildman–Crippen MR) is 114 cm³/mol. The van der Waals surface area contributed by atoms with Gasteiger partial charge in [-0.3, -0.25) is 9.59 Å². The first-order valence-corrected chi connectivity index (χ1v) is 10.2. The van der Waals surface area contributed by atoms with Crippen molar-refractivity contribution < 1.29 is 27.8 Å². The molecule has 2 amide bonds. The van der Waals surface area contributed by atoms with Crippen molar-refractivity contribution >= 4 is 28.8 Å². The van der Waals surface area contributed by atoms with Gasteiger partial charge < -0.3 is 20.1 Å². The lowest BCUT2D eigenvalue weighted by Crippen LogP contribution is -2.27. The van der Waals surface area contributed by atoms with Crippen molar-refractivity contribution in [3.63, 3.8) is 0 Å². The fourth-order valence-electron chi connectivity index (χ4n) is 2.86. The van der Waals surface area contributed by atoms with Gasteiger partial charge in [0.1, 0.15) is 0 Å². The maximum Gasteiger partial charge on any atom is 0.387 e. The van der Waals surface area contributed by atoms with Crippen LogP contribution in [-0.4, -0.2) is 32.1 Å². The lowest BCUT2D eigenvalue weighted by Gasteiger charge is -2.13. The molecule has 0 aliphatic rings. The van der Waals surface area contributed by atoms with E-state index in [9.17, 15) is 18.4 Å². The van der Waals surface area contributed by atoms with E-state index < -0.39 is 6.61 Å². The number of anilines is 1. The molecule has 1 heterocycles. The molecular weight excluding hydrogens is 426 g/mol. The number of alkyl halides is 2. The van der Waals surface area contributed by atoms with Crippen molar-refractivity contribution in [3.05, 3.63) is 76.0 Å². The van der Waals surface area contributed by atoms with E-state index in [1.165, 1.54) is 30.6 Å². The van der Waals surface area contributed by atoms with Crippen LogP contribution in [0.25, 0.3) is 0 Å². The molecule has 0 bridgehead atoms. The topological polar surface area (TPSA) is 76.7 Å². The van der Waals surface area contributed by atoms with Gasteiger partial charge in [-0.25, -0.2) is 0 Å². The third-order valence-electron chi connectivity index (χ3n) is 4.35. The second-order valence-electron chi connectivity index (χ2n) is 6.38. The molecule has 1 aromatic heterocycles. The van der Waals surface area contributed by atoms with Crippen molar-refractivity contribution in [2.24, 2.45) is 0 Å². The van der Waals surface area contributed by atoms with E-state index in [0.29, 0.717) is 28.8 Å². The molecule has 0 radical (unpaired) electrons. The van der Waals surface area contributed by atoms with Crippen LogP contribution in [-0.2, 0) is 6.42 Å². The SMILES string of the molecule is COc1ccc(CCNC(=O)c2ccccc2NC(=O)c2ccsc2)cc1OC(F)F. The minimum Gasteiger partial charge on any atom is -0.493 e. The van der Waals surface area contributed by atoms with Crippen molar-refractivity contribution in [2.45, 2.75) is 13.0 Å². The molecule has 3 rings (SSSR count). The van der Waals surface area contributed by atoms with E-state index in [2.05, 4.69) is 15.4 Å². The number of halogens is 2. The summed E-state index contributed by atoms with van der Waals surface area (Å²) >= 11 is 1.41. The molecule has 0 spiro atoms. The fraction of sp³-hybridized carbons (Fsp3) is 0.182. The Bertz CT molecular complexity index is 1040. The van der Waals surface area contributed by atoms with E-state index in [-0.39, 0.29) is 29.9 Å². The second kappa shape index (κ2) is 10.5. The summed E-state index contributed by atoms with van der Waals surface area (Å²) in [6, 6.07) is 13.1. The highest BCUT2D eigenvalue weighted by atomic mass is 32.1. The predicted octanol–water partition coefficient (Wildman–Crippen LogP) is 4.58. The molecule has 6 nitrogen and oxygen atoms in total. The largest absolute Gasteiger partial charge is 0.493 e. The Morgan fingerprint density at radius 3 is 2.58 bits per heavy atom. The molecule has 0 aliphatic heterocycles. The van der Waals surface area contributed by atoms with E-state index in [1.54, 1.807) is 47.2 Å². The second-order valence-corrected chi connectivity index (χ2v) is 7.16. The van der Waals surface area contributed by atoms with E-state index in [0.717, 1.165) is 0 Å². The van der Waals surface area contributed by atoms with Crippen molar-refractivity contribution in [2.75, 3.05) is 19.0 Å². The highest BCUT2D eigenvalue weighted by Gasteiger charge is 2.15. The number of carbonyl (C=O) groups excluding carboxylic acids is 2.